The van der Waals surface area contributed by atoms with E-state index >= 15 is 0 Å². The van der Waals surface area contributed by atoms with Gasteiger partial charge in [-0.3, -0.25) is 4.79 Å². The fourth-order valence-electron chi connectivity index (χ4n) is 1.85. The van der Waals surface area contributed by atoms with Gasteiger partial charge in [-0.1, -0.05) is 24.0 Å². The number of rotatable bonds is 3. The Labute approximate surface area is 129 Å². The van der Waals surface area contributed by atoms with Crippen molar-refractivity contribution in [3.8, 4) is 17.9 Å². The van der Waals surface area contributed by atoms with E-state index in [-0.39, 0.29) is 12.3 Å². The van der Waals surface area contributed by atoms with Crippen molar-refractivity contribution in [1.82, 2.24) is 4.98 Å². The van der Waals surface area contributed by atoms with Gasteiger partial charge in [0.2, 0.25) is 5.91 Å². The highest BCUT2D eigenvalue weighted by atomic mass is 16.1. The number of anilines is 1. The molecular formula is C18H15N3O. The van der Waals surface area contributed by atoms with Crippen LogP contribution in [0.15, 0.2) is 42.6 Å². The topological polar surface area (TPSA) is 65.8 Å². The fourth-order valence-corrected chi connectivity index (χ4v) is 1.85. The summed E-state index contributed by atoms with van der Waals surface area (Å²) in [5.41, 5.74) is 2.45. The molecule has 22 heavy (non-hydrogen) atoms. The monoisotopic (exact) mass is 289 g/mol. The van der Waals surface area contributed by atoms with E-state index in [2.05, 4.69) is 22.1 Å². The van der Waals surface area contributed by atoms with Gasteiger partial charge in [0, 0.05) is 24.6 Å². The fraction of sp³-hybridized carbons (Fsp3) is 0.167. The SMILES string of the molecule is Cc1cccc(C#CCCC(=O)Nc2ncccc2C#N)c1. The summed E-state index contributed by atoms with van der Waals surface area (Å²) < 4.78 is 0. The number of nitriles is 1. The molecule has 2 rings (SSSR count). The summed E-state index contributed by atoms with van der Waals surface area (Å²) in [6.07, 6.45) is 2.25. The van der Waals surface area contributed by atoms with Gasteiger partial charge >= 0.3 is 0 Å². The van der Waals surface area contributed by atoms with E-state index in [0.717, 1.165) is 11.1 Å². The maximum absolute atomic E-state index is 11.8. The van der Waals surface area contributed by atoms with Gasteiger partial charge in [-0.25, -0.2) is 4.98 Å². The molecule has 0 radical (unpaired) electrons. The minimum absolute atomic E-state index is 0.200. The highest BCUT2D eigenvalue weighted by molar-refractivity contribution is 5.91. The Morgan fingerprint density at radius 2 is 2.18 bits per heavy atom. The molecule has 0 saturated heterocycles. The number of pyridine rings is 1. The third-order valence-electron chi connectivity index (χ3n) is 2.91. The number of nitrogens with one attached hydrogen (secondary N) is 1. The quantitative estimate of drug-likeness (QED) is 0.883. The van der Waals surface area contributed by atoms with Crippen LogP contribution in [-0.4, -0.2) is 10.9 Å². The van der Waals surface area contributed by atoms with Gasteiger partial charge < -0.3 is 5.32 Å². The zero-order chi connectivity index (χ0) is 15.8. The molecule has 0 aliphatic carbocycles. The average molecular weight is 289 g/mol. The number of hydrogen-bond donors (Lipinski definition) is 1. The third-order valence-corrected chi connectivity index (χ3v) is 2.91. The summed E-state index contributed by atoms with van der Waals surface area (Å²) in [5.74, 6) is 6.10. The van der Waals surface area contributed by atoms with E-state index in [1.54, 1.807) is 12.1 Å². The molecule has 0 aliphatic rings. The average Bonchev–Trinajstić information content (AvgIpc) is 2.52. The van der Waals surface area contributed by atoms with Crippen LogP contribution < -0.4 is 5.32 Å². The van der Waals surface area contributed by atoms with Crippen LogP contribution in [0.25, 0.3) is 0 Å². The molecule has 0 bridgehead atoms. The normalized spacial score (nSPS) is 9.27. The molecule has 1 aromatic carbocycles. The van der Waals surface area contributed by atoms with Crippen LogP contribution in [0.3, 0.4) is 0 Å². The van der Waals surface area contributed by atoms with Crippen molar-refractivity contribution < 1.29 is 4.79 Å². The van der Waals surface area contributed by atoms with Crippen LogP contribution in [0.1, 0.15) is 29.5 Å². The lowest BCUT2D eigenvalue weighted by Crippen LogP contribution is -2.13. The molecule has 1 heterocycles. The van der Waals surface area contributed by atoms with Gasteiger partial charge in [-0.15, -0.1) is 0 Å². The highest BCUT2D eigenvalue weighted by Crippen LogP contribution is 2.10. The molecule has 1 N–H and O–H groups in total. The van der Waals surface area contributed by atoms with E-state index in [1.807, 2.05) is 37.3 Å². The van der Waals surface area contributed by atoms with Crippen molar-refractivity contribution in [3.05, 3.63) is 59.3 Å². The number of benzene rings is 1. The lowest BCUT2D eigenvalue weighted by molar-refractivity contribution is -0.116. The molecule has 0 spiro atoms. The van der Waals surface area contributed by atoms with Crippen molar-refractivity contribution in [1.29, 1.82) is 5.26 Å². The first kappa shape index (κ1) is 15.3. The van der Waals surface area contributed by atoms with Gasteiger partial charge in [-0.05, 0) is 36.8 Å². The van der Waals surface area contributed by atoms with Gasteiger partial charge in [0.15, 0.2) is 0 Å². The van der Waals surface area contributed by atoms with E-state index in [4.69, 9.17) is 5.26 Å². The number of hydrogen-bond acceptors (Lipinski definition) is 3. The predicted molar refractivity (Wildman–Crippen MR) is 84.9 cm³/mol. The van der Waals surface area contributed by atoms with Crippen molar-refractivity contribution >= 4 is 11.7 Å². The van der Waals surface area contributed by atoms with Gasteiger partial charge in [-0.2, -0.15) is 5.26 Å². The Hall–Kier alpha value is -3.11. The molecule has 4 nitrogen and oxygen atoms in total. The number of nitrogens with zero attached hydrogens (tertiary/aromatic N) is 2. The number of carbonyl (C=O) groups is 1. The minimum atomic E-state index is -0.200. The Balaban J connectivity index is 1.88. The largest absolute Gasteiger partial charge is 0.310 e. The summed E-state index contributed by atoms with van der Waals surface area (Å²) in [6, 6.07) is 13.2. The van der Waals surface area contributed by atoms with Crippen molar-refractivity contribution in [2.75, 3.05) is 5.32 Å². The molecule has 108 valence electrons. The molecule has 1 aromatic heterocycles. The zero-order valence-corrected chi connectivity index (χ0v) is 12.3. The summed E-state index contributed by atoms with van der Waals surface area (Å²) in [7, 11) is 0. The molecule has 0 atom stereocenters. The number of aryl methyl sites for hydroxylation is 1. The Morgan fingerprint density at radius 3 is 2.95 bits per heavy atom. The van der Waals surface area contributed by atoms with Gasteiger partial charge in [0.05, 0.1) is 5.56 Å². The Kier molecular flexibility index (Phi) is 5.29. The summed E-state index contributed by atoms with van der Waals surface area (Å²) in [5, 5.41) is 11.6. The Bertz CT molecular complexity index is 779. The standard InChI is InChI=1S/C18H15N3O/c1-14-6-4-8-15(12-14)7-2-3-10-17(22)21-18-16(13-19)9-5-11-20-18/h4-6,8-9,11-12H,3,10H2,1H3,(H,20,21,22). The van der Waals surface area contributed by atoms with Crippen LogP contribution in [-0.2, 0) is 4.79 Å². The first-order valence-electron chi connectivity index (χ1n) is 6.89. The van der Waals surface area contributed by atoms with Crippen LogP contribution in [0.2, 0.25) is 0 Å². The Morgan fingerprint density at radius 1 is 1.32 bits per heavy atom. The highest BCUT2D eigenvalue weighted by Gasteiger charge is 2.06. The molecule has 0 aliphatic heterocycles. The van der Waals surface area contributed by atoms with Crippen molar-refractivity contribution in [2.24, 2.45) is 0 Å². The summed E-state index contributed by atoms with van der Waals surface area (Å²) in [6.45, 7) is 2.01. The molecule has 1 amide bonds. The zero-order valence-electron chi connectivity index (χ0n) is 12.3. The first-order chi connectivity index (χ1) is 10.7. The lowest BCUT2D eigenvalue weighted by atomic mass is 10.1. The first-order valence-corrected chi connectivity index (χ1v) is 6.89. The van der Waals surface area contributed by atoms with E-state index < -0.39 is 0 Å². The second kappa shape index (κ2) is 7.61. The number of carbonyl (C=O) groups excluding carboxylic acids is 1. The molecule has 0 saturated carbocycles. The number of aromatic nitrogens is 1. The van der Waals surface area contributed by atoms with Gasteiger partial charge in [0.25, 0.3) is 0 Å². The summed E-state index contributed by atoms with van der Waals surface area (Å²) in [4.78, 5) is 15.8. The minimum Gasteiger partial charge on any atom is -0.310 e. The molecule has 0 unspecified atom stereocenters. The second-order valence-electron chi connectivity index (χ2n) is 4.73. The van der Waals surface area contributed by atoms with Crippen LogP contribution in [0.4, 0.5) is 5.82 Å². The van der Waals surface area contributed by atoms with Crippen molar-refractivity contribution in [3.63, 3.8) is 0 Å². The third kappa shape index (κ3) is 4.47. The van der Waals surface area contributed by atoms with Crippen LogP contribution in [0.5, 0.6) is 0 Å². The number of amides is 1. The molecule has 0 fully saturated rings. The van der Waals surface area contributed by atoms with E-state index in [9.17, 15) is 4.79 Å². The maximum Gasteiger partial charge on any atom is 0.226 e. The summed E-state index contributed by atoms with van der Waals surface area (Å²) >= 11 is 0. The molecular weight excluding hydrogens is 274 g/mol. The molecule has 2 aromatic rings. The lowest BCUT2D eigenvalue weighted by Gasteiger charge is -2.03. The van der Waals surface area contributed by atoms with E-state index in [1.165, 1.54) is 6.20 Å². The maximum atomic E-state index is 11.8. The van der Waals surface area contributed by atoms with Crippen LogP contribution in [0, 0.1) is 30.1 Å². The second-order valence-corrected chi connectivity index (χ2v) is 4.73. The molecule has 4 heteroatoms. The van der Waals surface area contributed by atoms with Crippen molar-refractivity contribution in [2.45, 2.75) is 19.8 Å². The predicted octanol–water partition coefficient (Wildman–Crippen LogP) is 3.03. The van der Waals surface area contributed by atoms with E-state index in [0.29, 0.717) is 17.8 Å². The van der Waals surface area contributed by atoms with Crippen LogP contribution >= 0.6 is 0 Å². The van der Waals surface area contributed by atoms with Gasteiger partial charge in [0.1, 0.15) is 11.9 Å². The smallest absolute Gasteiger partial charge is 0.226 e.